The highest BCUT2D eigenvalue weighted by Gasteiger charge is 2.02. The predicted octanol–water partition coefficient (Wildman–Crippen LogP) is 1.69. The van der Waals surface area contributed by atoms with Gasteiger partial charge in [-0.1, -0.05) is 19.8 Å². The summed E-state index contributed by atoms with van der Waals surface area (Å²) in [6, 6.07) is 0. The Labute approximate surface area is 98.9 Å². The van der Waals surface area contributed by atoms with Crippen molar-refractivity contribution in [2.75, 3.05) is 40.5 Å². The number of hydrogen-bond acceptors (Lipinski definition) is 4. The molecule has 0 N–H and O–H groups in total. The van der Waals surface area contributed by atoms with Gasteiger partial charge in [0.15, 0.2) is 0 Å². The van der Waals surface area contributed by atoms with E-state index in [2.05, 4.69) is 23.6 Å². The Morgan fingerprint density at radius 1 is 1.19 bits per heavy atom. The van der Waals surface area contributed by atoms with Crippen molar-refractivity contribution in [1.29, 1.82) is 0 Å². The monoisotopic (exact) mass is 231 g/mol. The first-order chi connectivity index (χ1) is 7.70. The third-order valence-electron chi connectivity index (χ3n) is 2.35. The topological polar surface area (TPSA) is 38.8 Å². The van der Waals surface area contributed by atoms with Gasteiger partial charge in [0, 0.05) is 13.7 Å². The van der Waals surface area contributed by atoms with Gasteiger partial charge >= 0.3 is 5.97 Å². The van der Waals surface area contributed by atoms with Crippen LogP contribution in [0.25, 0.3) is 0 Å². The van der Waals surface area contributed by atoms with E-state index in [-0.39, 0.29) is 12.6 Å². The summed E-state index contributed by atoms with van der Waals surface area (Å²) in [5, 5.41) is 0. The average molecular weight is 231 g/mol. The fourth-order valence-electron chi connectivity index (χ4n) is 1.42. The minimum Gasteiger partial charge on any atom is -0.464 e. The van der Waals surface area contributed by atoms with Gasteiger partial charge in [-0.2, -0.15) is 0 Å². The van der Waals surface area contributed by atoms with Gasteiger partial charge in [0.1, 0.15) is 6.61 Å². The lowest BCUT2D eigenvalue weighted by Crippen LogP contribution is -2.22. The zero-order valence-electron chi connectivity index (χ0n) is 10.8. The van der Waals surface area contributed by atoms with Crippen molar-refractivity contribution >= 4 is 5.97 Å². The highest BCUT2D eigenvalue weighted by molar-refractivity contribution is 5.70. The summed E-state index contributed by atoms with van der Waals surface area (Å²) >= 11 is 0. The van der Waals surface area contributed by atoms with Crippen molar-refractivity contribution in [3.05, 3.63) is 0 Å². The molecule has 0 aliphatic heterocycles. The molecule has 4 nitrogen and oxygen atoms in total. The van der Waals surface area contributed by atoms with E-state index < -0.39 is 0 Å². The molecule has 0 spiro atoms. The zero-order valence-corrected chi connectivity index (χ0v) is 10.8. The van der Waals surface area contributed by atoms with Crippen LogP contribution in [-0.4, -0.2) is 51.3 Å². The summed E-state index contributed by atoms with van der Waals surface area (Å²) in [5.41, 5.74) is 0. The minimum absolute atomic E-state index is 0.0480. The largest absolute Gasteiger partial charge is 0.464 e. The number of unbranched alkanes of at least 4 members (excludes halogenated alkanes) is 2. The molecule has 0 bridgehead atoms. The zero-order chi connectivity index (χ0) is 12.2. The third-order valence-corrected chi connectivity index (χ3v) is 2.35. The van der Waals surface area contributed by atoms with E-state index in [4.69, 9.17) is 4.74 Å². The lowest BCUT2D eigenvalue weighted by molar-refractivity contribution is -0.148. The van der Waals surface area contributed by atoms with E-state index in [1.54, 1.807) is 0 Å². The van der Waals surface area contributed by atoms with E-state index in [1.165, 1.54) is 26.4 Å². The number of ether oxygens (including phenoxy) is 2. The molecule has 0 aliphatic rings. The predicted molar refractivity (Wildman–Crippen MR) is 64.5 cm³/mol. The van der Waals surface area contributed by atoms with Crippen LogP contribution in [0.5, 0.6) is 0 Å². The lowest BCUT2D eigenvalue weighted by Gasteiger charge is -2.15. The fourth-order valence-corrected chi connectivity index (χ4v) is 1.42. The summed E-state index contributed by atoms with van der Waals surface area (Å²) < 4.78 is 9.63. The van der Waals surface area contributed by atoms with Gasteiger partial charge in [0.05, 0.1) is 6.61 Å². The van der Waals surface area contributed by atoms with Gasteiger partial charge in [-0.15, -0.1) is 0 Å². The molecule has 0 aromatic heterocycles. The summed E-state index contributed by atoms with van der Waals surface area (Å²) in [6.45, 7) is 4.84. The van der Waals surface area contributed by atoms with Crippen LogP contribution in [0, 0.1) is 0 Å². The molecular formula is C12H25NO3. The molecule has 0 heterocycles. The van der Waals surface area contributed by atoms with Gasteiger partial charge in [-0.05, 0) is 26.4 Å². The Balaban J connectivity index is 3.26. The van der Waals surface area contributed by atoms with Crippen LogP contribution < -0.4 is 0 Å². The van der Waals surface area contributed by atoms with Gasteiger partial charge in [0.25, 0.3) is 0 Å². The Morgan fingerprint density at radius 2 is 1.88 bits per heavy atom. The van der Waals surface area contributed by atoms with Crippen LogP contribution in [0.15, 0.2) is 0 Å². The molecule has 16 heavy (non-hydrogen) atoms. The molecule has 0 radical (unpaired) electrons. The summed E-state index contributed by atoms with van der Waals surface area (Å²) in [7, 11) is 3.59. The Hall–Kier alpha value is -0.610. The van der Waals surface area contributed by atoms with Gasteiger partial charge in [-0.3, -0.25) is 0 Å². The second-order valence-electron chi connectivity index (χ2n) is 4.02. The van der Waals surface area contributed by atoms with Crippen LogP contribution in [0.2, 0.25) is 0 Å². The Bertz CT molecular complexity index is 174. The molecule has 0 fully saturated rings. The van der Waals surface area contributed by atoms with Crippen molar-refractivity contribution in [2.45, 2.75) is 32.6 Å². The van der Waals surface area contributed by atoms with Crippen LogP contribution in [0.4, 0.5) is 0 Å². The van der Waals surface area contributed by atoms with Crippen molar-refractivity contribution < 1.29 is 14.3 Å². The van der Waals surface area contributed by atoms with Crippen LogP contribution in [0.3, 0.4) is 0 Å². The van der Waals surface area contributed by atoms with Crippen molar-refractivity contribution in [3.63, 3.8) is 0 Å². The van der Waals surface area contributed by atoms with E-state index in [0.29, 0.717) is 6.61 Å². The molecule has 0 unspecified atom stereocenters. The molecule has 4 heteroatoms. The first-order valence-corrected chi connectivity index (χ1v) is 6.03. The first-order valence-electron chi connectivity index (χ1n) is 6.03. The fraction of sp³-hybridized carbons (Fsp3) is 0.917. The van der Waals surface area contributed by atoms with Gasteiger partial charge in [-0.25, -0.2) is 4.79 Å². The first kappa shape index (κ1) is 15.4. The van der Waals surface area contributed by atoms with Crippen molar-refractivity contribution in [2.24, 2.45) is 0 Å². The Morgan fingerprint density at radius 3 is 2.50 bits per heavy atom. The molecule has 0 aromatic rings. The number of methoxy groups -OCH3 is 1. The van der Waals surface area contributed by atoms with Crippen molar-refractivity contribution in [3.8, 4) is 0 Å². The molecule has 0 amide bonds. The van der Waals surface area contributed by atoms with Crippen LogP contribution in [-0.2, 0) is 14.3 Å². The normalized spacial score (nSPS) is 10.8. The maximum Gasteiger partial charge on any atom is 0.332 e. The number of carbonyl (C=O) groups excluding carboxylic acids is 1. The third kappa shape index (κ3) is 9.93. The number of esters is 1. The quantitative estimate of drug-likeness (QED) is 0.423. The summed E-state index contributed by atoms with van der Waals surface area (Å²) in [5.74, 6) is -0.281. The van der Waals surface area contributed by atoms with E-state index in [0.717, 1.165) is 19.5 Å². The molecule has 96 valence electrons. The highest BCUT2D eigenvalue weighted by Crippen LogP contribution is 1.97. The SMILES string of the molecule is CCCCCN(C)CCCOC(=O)COC. The van der Waals surface area contributed by atoms with Gasteiger partial charge in [0.2, 0.25) is 0 Å². The molecular weight excluding hydrogens is 206 g/mol. The van der Waals surface area contributed by atoms with Crippen LogP contribution in [0.1, 0.15) is 32.6 Å². The van der Waals surface area contributed by atoms with Gasteiger partial charge < -0.3 is 14.4 Å². The number of nitrogens with zero attached hydrogens (tertiary/aromatic N) is 1. The summed E-state index contributed by atoms with van der Waals surface area (Å²) in [4.78, 5) is 13.2. The number of hydrogen-bond donors (Lipinski definition) is 0. The number of rotatable bonds is 10. The number of carbonyl (C=O) groups is 1. The molecule has 0 saturated carbocycles. The minimum atomic E-state index is -0.281. The van der Waals surface area contributed by atoms with E-state index >= 15 is 0 Å². The molecule has 0 aliphatic carbocycles. The van der Waals surface area contributed by atoms with E-state index in [9.17, 15) is 4.79 Å². The molecule has 0 rings (SSSR count). The maximum absolute atomic E-state index is 10.9. The lowest BCUT2D eigenvalue weighted by atomic mass is 10.2. The molecule has 0 saturated heterocycles. The second kappa shape index (κ2) is 10.9. The van der Waals surface area contributed by atoms with Crippen molar-refractivity contribution in [1.82, 2.24) is 4.90 Å². The maximum atomic E-state index is 10.9. The average Bonchev–Trinajstić information content (AvgIpc) is 2.25. The molecule has 0 atom stereocenters. The second-order valence-corrected chi connectivity index (χ2v) is 4.02. The van der Waals surface area contributed by atoms with E-state index in [1.807, 2.05) is 0 Å². The van der Waals surface area contributed by atoms with Crippen LogP contribution >= 0.6 is 0 Å². The Kier molecular flexibility index (Phi) is 10.5. The highest BCUT2D eigenvalue weighted by atomic mass is 16.6. The smallest absolute Gasteiger partial charge is 0.332 e. The molecule has 0 aromatic carbocycles. The summed E-state index contributed by atoms with van der Waals surface area (Å²) in [6.07, 6.45) is 4.67. The standard InChI is InChI=1S/C12H25NO3/c1-4-5-6-8-13(2)9-7-10-16-12(14)11-15-3/h4-11H2,1-3H3.